The molecule has 204 valence electrons. The first kappa shape index (κ1) is 28.5. The number of carbonyl (C=O) groups excluding carboxylic acids is 2. The van der Waals surface area contributed by atoms with Crippen LogP contribution in [0.25, 0.3) is 0 Å². The first-order valence-corrected chi connectivity index (χ1v) is 14.8. The van der Waals surface area contributed by atoms with Crippen LogP contribution in [0.3, 0.4) is 0 Å². The Morgan fingerprint density at radius 3 is 1.95 bits per heavy atom. The molecule has 0 aromatic heterocycles. The Labute approximate surface area is 235 Å². The molecule has 0 fully saturated rings. The minimum Gasteiger partial charge on any atom is -0.348 e. The zero-order valence-electron chi connectivity index (χ0n) is 22.1. The molecule has 7 heteroatoms. The third kappa shape index (κ3) is 8.78. The van der Waals surface area contributed by atoms with E-state index in [0.29, 0.717) is 35.1 Å². The fraction of sp³-hybridized carbons (Fsp3) is 0.152. The number of rotatable bonds is 12. The van der Waals surface area contributed by atoms with Gasteiger partial charge in [0.25, 0.3) is 11.8 Å². The van der Waals surface area contributed by atoms with Gasteiger partial charge in [-0.3, -0.25) is 9.59 Å². The van der Waals surface area contributed by atoms with Crippen LogP contribution in [0.15, 0.2) is 127 Å². The Kier molecular flexibility index (Phi) is 10.0. The van der Waals surface area contributed by atoms with Crippen molar-refractivity contribution in [1.82, 2.24) is 10.6 Å². The monoisotopic (exact) mass is 552 g/mol. The molecule has 0 bridgehead atoms. The number of hydrogen-bond acceptors (Lipinski definition) is 4. The molecule has 1 atom stereocenters. The smallest absolute Gasteiger partial charge is 0.252 e. The number of sulfone groups is 1. The maximum Gasteiger partial charge on any atom is 0.252 e. The molecule has 0 saturated heterocycles. The SMILES string of the molecule is O=C(NCc1ccccc1C(=O)N[C@H](/C=C/S(=O)(=O)Cc1ccccc1)CCc1ccccc1)c1ccccc1. The second-order valence-electron chi connectivity index (χ2n) is 9.43. The second kappa shape index (κ2) is 14.1. The Hall–Kier alpha value is -4.49. The predicted octanol–water partition coefficient (Wildman–Crippen LogP) is 5.48. The van der Waals surface area contributed by atoms with Crippen LogP contribution < -0.4 is 10.6 Å². The maximum atomic E-state index is 13.4. The van der Waals surface area contributed by atoms with Gasteiger partial charge in [0.1, 0.15) is 0 Å². The summed E-state index contributed by atoms with van der Waals surface area (Å²) in [4.78, 5) is 25.9. The van der Waals surface area contributed by atoms with E-state index < -0.39 is 15.9 Å². The summed E-state index contributed by atoms with van der Waals surface area (Å²) in [5, 5.41) is 7.06. The van der Waals surface area contributed by atoms with Crippen LogP contribution in [0, 0.1) is 0 Å². The van der Waals surface area contributed by atoms with Crippen molar-refractivity contribution in [3.63, 3.8) is 0 Å². The van der Waals surface area contributed by atoms with Crippen LogP contribution in [-0.4, -0.2) is 26.3 Å². The topological polar surface area (TPSA) is 92.3 Å². The molecule has 0 aliphatic carbocycles. The minimum atomic E-state index is -3.55. The quantitative estimate of drug-likeness (QED) is 0.244. The maximum absolute atomic E-state index is 13.4. The molecule has 2 amide bonds. The number of amides is 2. The Bertz CT molecular complexity index is 1540. The van der Waals surface area contributed by atoms with Gasteiger partial charge < -0.3 is 10.6 Å². The largest absolute Gasteiger partial charge is 0.348 e. The molecule has 0 spiro atoms. The van der Waals surface area contributed by atoms with Gasteiger partial charge in [-0.25, -0.2) is 8.42 Å². The van der Waals surface area contributed by atoms with Crippen molar-refractivity contribution >= 4 is 21.7 Å². The molecule has 2 N–H and O–H groups in total. The summed E-state index contributed by atoms with van der Waals surface area (Å²) in [5.41, 5.74) is 3.40. The summed E-state index contributed by atoms with van der Waals surface area (Å²) in [7, 11) is -3.55. The fourth-order valence-corrected chi connectivity index (χ4v) is 5.44. The lowest BCUT2D eigenvalue weighted by molar-refractivity contribution is 0.0929. The Balaban J connectivity index is 1.48. The Morgan fingerprint density at radius 2 is 1.27 bits per heavy atom. The average Bonchev–Trinajstić information content (AvgIpc) is 2.98. The zero-order valence-corrected chi connectivity index (χ0v) is 22.9. The van der Waals surface area contributed by atoms with Crippen LogP contribution in [0.4, 0.5) is 0 Å². The predicted molar refractivity (Wildman–Crippen MR) is 158 cm³/mol. The molecule has 4 aromatic carbocycles. The molecule has 0 unspecified atom stereocenters. The third-order valence-corrected chi connectivity index (χ3v) is 7.68. The minimum absolute atomic E-state index is 0.117. The lowest BCUT2D eigenvalue weighted by Crippen LogP contribution is -2.35. The van der Waals surface area contributed by atoms with E-state index in [1.807, 2.05) is 48.5 Å². The average molecular weight is 553 g/mol. The van der Waals surface area contributed by atoms with Crippen LogP contribution in [0.2, 0.25) is 0 Å². The van der Waals surface area contributed by atoms with Crippen LogP contribution in [0.5, 0.6) is 0 Å². The molecule has 0 heterocycles. The molecule has 0 aliphatic heterocycles. The molecule has 4 aromatic rings. The lowest BCUT2D eigenvalue weighted by atomic mass is 10.0. The van der Waals surface area contributed by atoms with E-state index in [9.17, 15) is 18.0 Å². The molecular formula is C33H32N2O4S. The van der Waals surface area contributed by atoms with Gasteiger partial charge in [-0.1, -0.05) is 103 Å². The van der Waals surface area contributed by atoms with Gasteiger partial charge in [0.2, 0.25) is 0 Å². The van der Waals surface area contributed by atoms with E-state index in [2.05, 4.69) is 10.6 Å². The summed E-state index contributed by atoms with van der Waals surface area (Å²) in [6, 6.07) is 34.2. The highest BCUT2D eigenvalue weighted by Crippen LogP contribution is 2.14. The summed E-state index contributed by atoms with van der Waals surface area (Å²) in [5.74, 6) is -0.691. The van der Waals surface area contributed by atoms with Gasteiger partial charge in [0, 0.05) is 29.1 Å². The van der Waals surface area contributed by atoms with Crippen molar-refractivity contribution in [2.75, 3.05) is 0 Å². The molecule has 0 saturated carbocycles. The van der Waals surface area contributed by atoms with E-state index in [1.54, 1.807) is 72.8 Å². The van der Waals surface area contributed by atoms with Gasteiger partial charge in [-0.2, -0.15) is 0 Å². The normalized spacial score (nSPS) is 12.1. The van der Waals surface area contributed by atoms with Gasteiger partial charge in [-0.05, 0) is 47.7 Å². The van der Waals surface area contributed by atoms with Gasteiger partial charge in [0.05, 0.1) is 5.75 Å². The molecule has 0 radical (unpaired) electrons. The highest BCUT2D eigenvalue weighted by molar-refractivity contribution is 7.93. The van der Waals surface area contributed by atoms with E-state index in [0.717, 1.165) is 5.56 Å². The molecule has 4 rings (SSSR count). The number of nitrogens with one attached hydrogen (secondary N) is 2. The highest BCUT2D eigenvalue weighted by atomic mass is 32.2. The lowest BCUT2D eigenvalue weighted by Gasteiger charge is -2.17. The van der Waals surface area contributed by atoms with Gasteiger partial charge in [-0.15, -0.1) is 0 Å². The zero-order chi connectivity index (χ0) is 28.2. The van der Waals surface area contributed by atoms with Crippen molar-refractivity contribution in [2.45, 2.75) is 31.2 Å². The van der Waals surface area contributed by atoms with Gasteiger partial charge in [0.15, 0.2) is 9.84 Å². The Morgan fingerprint density at radius 1 is 0.700 bits per heavy atom. The molecule has 40 heavy (non-hydrogen) atoms. The number of aryl methyl sites for hydroxylation is 1. The van der Waals surface area contributed by atoms with Gasteiger partial charge >= 0.3 is 0 Å². The van der Waals surface area contributed by atoms with E-state index in [-0.39, 0.29) is 24.1 Å². The first-order chi connectivity index (χ1) is 19.4. The van der Waals surface area contributed by atoms with Crippen molar-refractivity contribution < 1.29 is 18.0 Å². The molecular weight excluding hydrogens is 520 g/mol. The summed E-state index contributed by atoms with van der Waals surface area (Å²) in [6.07, 6.45) is 2.72. The number of hydrogen-bond donors (Lipinski definition) is 2. The fourth-order valence-electron chi connectivity index (χ4n) is 4.26. The third-order valence-electron chi connectivity index (χ3n) is 6.37. The summed E-state index contributed by atoms with van der Waals surface area (Å²) < 4.78 is 25.6. The van der Waals surface area contributed by atoms with Crippen molar-refractivity contribution in [3.05, 3.63) is 155 Å². The van der Waals surface area contributed by atoms with Crippen LogP contribution >= 0.6 is 0 Å². The van der Waals surface area contributed by atoms with E-state index in [4.69, 9.17) is 0 Å². The first-order valence-electron chi connectivity index (χ1n) is 13.1. The van der Waals surface area contributed by atoms with Crippen molar-refractivity contribution in [1.29, 1.82) is 0 Å². The highest BCUT2D eigenvalue weighted by Gasteiger charge is 2.17. The van der Waals surface area contributed by atoms with E-state index in [1.165, 1.54) is 5.41 Å². The van der Waals surface area contributed by atoms with Crippen LogP contribution in [0.1, 0.15) is 43.8 Å². The molecule has 0 aliphatic rings. The second-order valence-corrected chi connectivity index (χ2v) is 11.3. The standard InChI is InChI=1S/C33H32N2O4S/c36-32(28-16-8-3-9-17-28)34-24-29-18-10-11-19-31(29)33(37)35-30(21-20-26-12-4-1-5-13-26)22-23-40(38,39)25-27-14-6-2-7-15-27/h1-19,22-23,30H,20-21,24-25H2,(H,34,36)(H,35,37)/b23-22+/t30-/m0/s1. The van der Waals surface area contributed by atoms with Crippen molar-refractivity contribution in [2.24, 2.45) is 0 Å². The van der Waals surface area contributed by atoms with E-state index >= 15 is 0 Å². The summed E-state index contributed by atoms with van der Waals surface area (Å²) in [6.45, 7) is 0.174. The van der Waals surface area contributed by atoms with Crippen molar-refractivity contribution in [3.8, 4) is 0 Å². The number of benzene rings is 4. The number of carbonyl (C=O) groups is 2. The molecule has 6 nitrogen and oxygen atoms in total. The summed E-state index contributed by atoms with van der Waals surface area (Å²) >= 11 is 0. The van der Waals surface area contributed by atoms with Crippen LogP contribution in [-0.2, 0) is 28.6 Å².